The molecule has 5 nitrogen and oxygen atoms in total. The topological polar surface area (TPSA) is 83.5 Å². The first-order valence-corrected chi connectivity index (χ1v) is 6.08. The first kappa shape index (κ1) is 11.0. The number of hydrogen-bond donors (Lipinski definition) is 2. The average Bonchev–Trinajstić information content (AvgIpc) is 2.39. The van der Waals surface area contributed by atoms with Crippen molar-refractivity contribution in [2.45, 2.75) is 18.1 Å². The van der Waals surface area contributed by atoms with Crippen molar-refractivity contribution in [3.63, 3.8) is 0 Å². The van der Waals surface area contributed by atoms with Crippen LogP contribution >= 0.6 is 0 Å². The van der Waals surface area contributed by atoms with Gasteiger partial charge in [-0.1, -0.05) is 0 Å². The molecule has 6 heteroatoms. The molecule has 1 aliphatic rings. The predicted octanol–water partition coefficient (Wildman–Crippen LogP) is -0.249. The Hall–Kier alpha value is -1.04. The summed E-state index contributed by atoms with van der Waals surface area (Å²) in [6, 6.07) is 0. The van der Waals surface area contributed by atoms with Crippen LogP contribution in [-0.2, 0) is 14.6 Å². The average molecular weight is 219 g/mol. The molecule has 14 heavy (non-hydrogen) atoms. The van der Waals surface area contributed by atoms with Gasteiger partial charge >= 0.3 is 5.97 Å². The summed E-state index contributed by atoms with van der Waals surface area (Å²) in [6.45, 7) is 0.298. The van der Waals surface area contributed by atoms with Crippen molar-refractivity contribution >= 4 is 15.8 Å². The Kier molecular flexibility index (Phi) is 3.51. The molecule has 1 unspecified atom stereocenters. The van der Waals surface area contributed by atoms with Gasteiger partial charge in [-0.2, -0.15) is 0 Å². The Morgan fingerprint density at radius 2 is 2.29 bits per heavy atom. The molecule has 1 fully saturated rings. The van der Waals surface area contributed by atoms with Crippen molar-refractivity contribution < 1.29 is 18.3 Å². The molecule has 0 aliphatic carbocycles. The van der Waals surface area contributed by atoms with Gasteiger partial charge in [-0.15, -0.1) is 0 Å². The van der Waals surface area contributed by atoms with E-state index in [1.165, 1.54) is 6.20 Å². The molecule has 0 spiro atoms. The van der Waals surface area contributed by atoms with Crippen LogP contribution in [0.2, 0.25) is 0 Å². The molecule has 1 saturated heterocycles. The van der Waals surface area contributed by atoms with Crippen LogP contribution < -0.4 is 5.32 Å². The lowest BCUT2D eigenvalue weighted by Gasteiger charge is -2.07. The van der Waals surface area contributed by atoms with Crippen molar-refractivity contribution in [2.75, 3.05) is 12.3 Å². The molecule has 1 aliphatic heterocycles. The second-order valence-electron chi connectivity index (χ2n) is 3.21. The van der Waals surface area contributed by atoms with Crippen molar-refractivity contribution in [1.29, 1.82) is 0 Å². The van der Waals surface area contributed by atoms with Gasteiger partial charge in [0.1, 0.15) is 0 Å². The van der Waals surface area contributed by atoms with Crippen LogP contribution in [0.3, 0.4) is 0 Å². The zero-order chi connectivity index (χ0) is 10.6. The van der Waals surface area contributed by atoms with E-state index in [4.69, 9.17) is 5.11 Å². The number of rotatable bonds is 4. The van der Waals surface area contributed by atoms with Crippen LogP contribution in [0, 0.1) is 0 Å². The quantitative estimate of drug-likeness (QED) is 0.637. The van der Waals surface area contributed by atoms with Crippen LogP contribution in [0.25, 0.3) is 0 Å². The number of aliphatic carboxylic acids is 1. The van der Waals surface area contributed by atoms with Gasteiger partial charge in [-0.3, -0.25) is 0 Å². The fraction of sp³-hybridized carbons (Fsp3) is 0.625. The van der Waals surface area contributed by atoms with Gasteiger partial charge in [-0.25, -0.2) is 13.2 Å². The summed E-state index contributed by atoms with van der Waals surface area (Å²) in [6.07, 6.45) is 3.57. The summed E-state index contributed by atoms with van der Waals surface area (Å²) in [5.74, 6) is -0.797. The van der Waals surface area contributed by atoms with E-state index >= 15 is 0 Å². The first-order valence-electron chi connectivity index (χ1n) is 4.37. The zero-order valence-corrected chi connectivity index (χ0v) is 8.46. The van der Waals surface area contributed by atoms with Gasteiger partial charge in [0.25, 0.3) is 0 Å². The number of nitrogens with one attached hydrogen (secondary N) is 1. The van der Waals surface area contributed by atoms with E-state index in [-0.39, 0.29) is 11.0 Å². The monoisotopic (exact) mass is 219 g/mol. The second kappa shape index (κ2) is 4.45. The Morgan fingerprint density at radius 1 is 1.57 bits per heavy atom. The van der Waals surface area contributed by atoms with E-state index < -0.39 is 15.8 Å². The normalized spacial score (nSPS) is 25.3. The summed E-state index contributed by atoms with van der Waals surface area (Å²) in [5, 5.41) is 10.6. The van der Waals surface area contributed by atoms with E-state index in [1.807, 2.05) is 0 Å². The van der Waals surface area contributed by atoms with E-state index in [0.717, 1.165) is 6.08 Å². The van der Waals surface area contributed by atoms with Gasteiger partial charge in [0.15, 0.2) is 9.84 Å². The standard InChI is InChI=1S/C8H13NO4S/c10-8(11)3-4-9-6-7-2-1-5-14(7,12)13/h3-4,7,9H,1-2,5-6H2,(H,10,11)/b4-3+. The highest BCUT2D eigenvalue weighted by Gasteiger charge is 2.30. The number of carboxylic acids is 1. The molecule has 1 heterocycles. The van der Waals surface area contributed by atoms with Gasteiger partial charge < -0.3 is 10.4 Å². The second-order valence-corrected chi connectivity index (χ2v) is 5.61. The van der Waals surface area contributed by atoms with Crippen molar-refractivity contribution in [1.82, 2.24) is 5.32 Å². The number of carbonyl (C=O) groups is 1. The third-order valence-corrected chi connectivity index (χ3v) is 4.43. The van der Waals surface area contributed by atoms with Crippen LogP contribution in [0.15, 0.2) is 12.3 Å². The Bertz CT molecular complexity index is 333. The molecule has 0 amide bonds. The fourth-order valence-electron chi connectivity index (χ4n) is 1.42. The summed E-state index contributed by atoms with van der Waals surface area (Å²) in [4.78, 5) is 10.1. The molecule has 1 atom stereocenters. The van der Waals surface area contributed by atoms with Crippen LogP contribution in [-0.4, -0.2) is 37.0 Å². The van der Waals surface area contributed by atoms with Gasteiger partial charge in [0, 0.05) is 18.8 Å². The van der Waals surface area contributed by atoms with Crippen molar-refractivity contribution in [2.24, 2.45) is 0 Å². The van der Waals surface area contributed by atoms with Crippen LogP contribution in [0.5, 0.6) is 0 Å². The molecule has 0 aromatic rings. The minimum Gasteiger partial charge on any atom is -0.478 e. The summed E-state index contributed by atoms with van der Waals surface area (Å²) in [7, 11) is -2.93. The number of sulfone groups is 1. The highest BCUT2D eigenvalue weighted by atomic mass is 32.2. The van der Waals surface area contributed by atoms with Gasteiger partial charge in [0.05, 0.1) is 11.0 Å². The highest BCUT2D eigenvalue weighted by Crippen LogP contribution is 2.18. The summed E-state index contributed by atoms with van der Waals surface area (Å²) < 4.78 is 22.6. The molecule has 80 valence electrons. The molecular weight excluding hydrogens is 206 g/mol. The minimum atomic E-state index is -2.93. The number of carboxylic acid groups (broad SMARTS) is 1. The molecular formula is C8H13NO4S. The summed E-state index contributed by atoms with van der Waals surface area (Å²) in [5.41, 5.74) is 0. The number of hydrogen-bond acceptors (Lipinski definition) is 4. The molecule has 1 rings (SSSR count). The molecule has 0 radical (unpaired) electrons. The molecule has 0 aromatic carbocycles. The highest BCUT2D eigenvalue weighted by molar-refractivity contribution is 7.92. The van der Waals surface area contributed by atoms with Crippen LogP contribution in [0.4, 0.5) is 0 Å². The first-order chi connectivity index (χ1) is 6.52. The lowest BCUT2D eigenvalue weighted by atomic mass is 10.2. The van der Waals surface area contributed by atoms with E-state index in [2.05, 4.69) is 5.32 Å². The maximum Gasteiger partial charge on any atom is 0.329 e. The molecule has 0 aromatic heterocycles. The largest absolute Gasteiger partial charge is 0.478 e. The zero-order valence-electron chi connectivity index (χ0n) is 7.64. The minimum absolute atomic E-state index is 0.252. The smallest absolute Gasteiger partial charge is 0.329 e. The predicted molar refractivity (Wildman–Crippen MR) is 51.6 cm³/mol. The Morgan fingerprint density at radius 3 is 2.79 bits per heavy atom. The third-order valence-electron chi connectivity index (χ3n) is 2.15. The van der Waals surface area contributed by atoms with E-state index in [0.29, 0.717) is 19.4 Å². The SMILES string of the molecule is O=C(O)/C=C/NCC1CCCS1(=O)=O. The van der Waals surface area contributed by atoms with E-state index in [1.54, 1.807) is 0 Å². The Balaban J connectivity index is 2.36. The maximum atomic E-state index is 11.3. The molecule has 0 saturated carbocycles. The van der Waals surface area contributed by atoms with Crippen LogP contribution in [0.1, 0.15) is 12.8 Å². The van der Waals surface area contributed by atoms with Crippen molar-refractivity contribution in [3.05, 3.63) is 12.3 Å². The molecule has 2 N–H and O–H groups in total. The third kappa shape index (κ3) is 3.02. The van der Waals surface area contributed by atoms with Gasteiger partial charge in [0.2, 0.25) is 0 Å². The molecule has 0 bridgehead atoms. The lowest BCUT2D eigenvalue weighted by Crippen LogP contribution is -2.27. The Labute approximate surface area is 82.7 Å². The van der Waals surface area contributed by atoms with Gasteiger partial charge in [-0.05, 0) is 12.8 Å². The summed E-state index contributed by atoms with van der Waals surface area (Å²) >= 11 is 0. The van der Waals surface area contributed by atoms with E-state index in [9.17, 15) is 13.2 Å². The maximum absolute atomic E-state index is 11.3. The lowest BCUT2D eigenvalue weighted by molar-refractivity contribution is -0.131. The van der Waals surface area contributed by atoms with Crippen molar-refractivity contribution in [3.8, 4) is 0 Å². The fourth-order valence-corrected chi connectivity index (χ4v) is 3.20.